The number of aromatic nitrogens is 2. The Bertz CT molecular complexity index is 2080. The monoisotopic (exact) mass is 466 g/mol. The molecule has 4 aromatic carbocycles. The second-order valence-corrected chi connectivity index (χ2v) is 11.5. The van der Waals surface area contributed by atoms with E-state index < -0.39 is 0 Å². The molecule has 174 valence electrons. The Kier molecular flexibility index (Phi) is 4.09. The molecule has 0 aliphatic rings. The summed E-state index contributed by atoms with van der Waals surface area (Å²) in [5.41, 5.74) is 8.41. The zero-order chi connectivity index (χ0) is 24.9. The lowest BCUT2D eigenvalue weighted by molar-refractivity contribution is -0.643. The molecule has 0 saturated carbocycles. The Morgan fingerprint density at radius 3 is 2.36 bits per heavy atom. The van der Waals surface area contributed by atoms with Crippen LogP contribution in [0.2, 0.25) is 0 Å². The Morgan fingerprint density at radius 1 is 0.861 bits per heavy atom. The summed E-state index contributed by atoms with van der Waals surface area (Å²) in [5, 5.41) is 18.7. The van der Waals surface area contributed by atoms with Gasteiger partial charge >= 0.3 is 0 Å². The van der Waals surface area contributed by atoms with Crippen molar-refractivity contribution in [3.05, 3.63) is 83.6 Å². The number of nitriles is 1. The molecule has 0 bridgehead atoms. The minimum Gasteiger partial charge on any atom is -0.307 e. The Labute approximate surface area is 210 Å². The van der Waals surface area contributed by atoms with Gasteiger partial charge in [-0.15, -0.1) is 0 Å². The van der Waals surface area contributed by atoms with Gasteiger partial charge in [0.1, 0.15) is 7.05 Å². The first kappa shape index (κ1) is 21.1. The van der Waals surface area contributed by atoms with E-state index in [4.69, 9.17) is 0 Å². The summed E-state index contributed by atoms with van der Waals surface area (Å²) in [7, 11) is 2.17. The predicted molar refractivity (Wildman–Crippen MR) is 150 cm³/mol. The van der Waals surface area contributed by atoms with Gasteiger partial charge in [-0.2, -0.15) is 5.26 Å². The molecule has 0 spiro atoms. The molecule has 3 heterocycles. The minimum absolute atomic E-state index is 0.108. The van der Waals surface area contributed by atoms with Gasteiger partial charge in [0.2, 0.25) is 5.52 Å². The number of hydrogen-bond donors (Lipinski definition) is 0. The van der Waals surface area contributed by atoms with Crippen molar-refractivity contribution in [2.45, 2.75) is 34.1 Å². The van der Waals surface area contributed by atoms with Crippen LogP contribution in [-0.2, 0) is 13.5 Å². The lowest BCUT2D eigenvalue weighted by atomic mass is 9.83. The van der Waals surface area contributed by atoms with E-state index in [0.717, 1.165) is 11.9 Å². The fourth-order valence-corrected chi connectivity index (χ4v) is 6.46. The van der Waals surface area contributed by atoms with Gasteiger partial charge in [-0.1, -0.05) is 63.2 Å². The van der Waals surface area contributed by atoms with Crippen LogP contribution in [0.3, 0.4) is 0 Å². The number of hydrogen-bond acceptors (Lipinski definition) is 1. The van der Waals surface area contributed by atoms with E-state index in [1.165, 1.54) is 65.4 Å². The molecule has 0 radical (unpaired) electrons. The van der Waals surface area contributed by atoms with Crippen LogP contribution in [0.15, 0.2) is 66.9 Å². The first-order chi connectivity index (χ1) is 17.3. The lowest BCUT2D eigenvalue weighted by Crippen LogP contribution is -2.29. The minimum atomic E-state index is 0.108. The van der Waals surface area contributed by atoms with E-state index in [9.17, 15) is 5.26 Å². The van der Waals surface area contributed by atoms with E-state index >= 15 is 0 Å². The highest BCUT2D eigenvalue weighted by atomic mass is 15.0. The van der Waals surface area contributed by atoms with Gasteiger partial charge in [0.05, 0.1) is 39.0 Å². The lowest BCUT2D eigenvalue weighted by Gasteiger charge is -2.24. The zero-order valence-electron chi connectivity index (χ0n) is 21.4. The third-order valence-corrected chi connectivity index (χ3v) is 7.88. The normalized spacial score (nSPS) is 12.7. The van der Waals surface area contributed by atoms with Crippen LogP contribution >= 0.6 is 0 Å². The van der Waals surface area contributed by atoms with Crippen molar-refractivity contribution in [2.75, 3.05) is 0 Å². The molecule has 0 atom stereocenters. The van der Waals surface area contributed by atoms with Crippen LogP contribution < -0.4 is 4.57 Å². The molecule has 36 heavy (non-hydrogen) atoms. The van der Waals surface area contributed by atoms with Crippen LogP contribution in [0.4, 0.5) is 0 Å². The zero-order valence-corrected chi connectivity index (χ0v) is 21.4. The van der Waals surface area contributed by atoms with Gasteiger partial charge in [-0.25, -0.2) is 4.57 Å². The average molecular weight is 467 g/mol. The summed E-state index contributed by atoms with van der Waals surface area (Å²) < 4.78 is 4.78. The van der Waals surface area contributed by atoms with Crippen LogP contribution in [0, 0.1) is 23.7 Å². The molecule has 3 heteroatoms. The SMILES string of the molecule is Cc1c2ccccc2c(CC(C)(C)C)c2c1c1c3c(ccc4c5ccc(C#N)cc5n2c43)cc[n+]1C. The largest absolute Gasteiger partial charge is 0.307 e. The molecule has 7 aromatic rings. The van der Waals surface area contributed by atoms with Crippen molar-refractivity contribution in [1.29, 1.82) is 5.26 Å². The molecule has 0 aliphatic carbocycles. The summed E-state index contributed by atoms with van der Waals surface area (Å²) in [4.78, 5) is 0. The summed E-state index contributed by atoms with van der Waals surface area (Å²) in [6, 6.07) is 24.1. The average Bonchev–Trinajstić information content (AvgIpc) is 3.20. The summed E-state index contributed by atoms with van der Waals surface area (Å²) in [6.07, 6.45) is 3.15. The number of pyridine rings is 2. The summed E-state index contributed by atoms with van der Waals surface area (Å²) >= 11 is 0. The maximum absolute atomic E-state index is 9.78. The first-order valence-electron chi connectivity index (χ1n) is 12.6. The van der Waals surface area contributed by atoms with Crippen molar-refractivity contribution in [3.63, 3.8) is 0 Å². The second kappa shape index (κ2) is 6.95. The summed E-state index contributed by atoms with van der Waals surface area (Å²) in [6.45, 7) is 9.24. The molecule has 0 aliphatic heterocycles. The molecule has 7 rings (SSSR count). The molecule has 0 N–H and O–H groups in total. The number of nitrogens with zero attached hydrogens (tertiary/aromatic N) is 3. The Hall–Kier alpha value is -4.16. The van der Waals surface area contributed by atoms with Crippen molar-refractivity contribution < 1.29 is 4.57 Å². The van der Waals surface area contributed by atoms with Gasteiger partial charge in [-0.05, 0) is 58.2 Å². The summed E-state index contributed by atoms with van der Waals surface area (Å²) in [5.74, 6) is 0. The van der Waals surface area contributed by atoms with Gasteiger partial charge < -0.3 is 4.40 Å². The standard InChI is InChI=1S/C33H28N3/c1-19-22-8-6-7-9-23(22)26(17-33(2,3)4)31-28(19)32-29-21(14-15-35(32)5)11-13-25-24-12-10-20(18-34)16-27(24)36(31)30(25)29/h6-16H,17H2,1-5H3/q+1. The van der Waals surface area contributed by atoms with E-state index in [1.807, 2.05) is 6.07 Å². The van der Waals surface area contributed by atoms with Crippen LogP contribution in [-0.4, -0.2) is 4.40 Å². The van der Waals surface area contributed by atoms with Crippen molar-refractivity contribution in [2.24, 2.45) is 12.5 Å². The molecule has 3 nitrogen and oxygen atoms in total. The Balaban J connectivity index is 1.94. The highest BCUT2D eigenvalue weighted by Crippen LogP contribution is 2.45. The van der Waals surface area contributed by atoms with Crippen molar-refractivity contribution >= 4 is 59.8 Å². The fourth-order valence-electron chi connectivity index (χ4n) is 6.46. The number of benzene rings is 4. The van der Waals surface area contributed by atoms with Gasteiger partial charge in [-0.3, -0.25) is 0 Å². The second-order valence-electron chi connectivity index (χ2n) is 11.5. The van der Waals surface area contributed by atoms with E-state index in [0.29, 0.717) is 5.56 Å². The molecular formula is C33H28N3+. The quantitative estimate of drug-likeness (QED) is 0.138. The van der Waals surface area contributed by atoms with Gasteiger partial charge in [0.25, 0.3) is 0 Å². The first-order valence-corrected chi connectivity index (χ1v) is 12.6. The molecule has 0 fully saturated rings. The molecule has 0 saturated heterocycles. The third-order valence-electron chi connectivity index (χ3n) is 7.88. The van der Waals surface area contributed by atoms with Crippen LogP contribution in [0.5, 0.6) is 0 Å². The molecule has 3 aromatic heterocycles. The number of aryl methyl sites for hydroxylation is 2. The highest BCUT2D eigenvalue weighted by molar-refractivity contribution is 6.29. The van der Waals surface area contributed by atoms with Crippen LogP contribution in [0.1, 0.15) is 37.5 Å². The van der Waals surface area contributed by atoms with Crippen molar-refractivity contribution in [1.82, 2.24) is 4.40 Å². The maximum Gasteiger partial charge on any atom is 0.224 e. The maximum atomic E-state index is 9.78. The van der Waals surface area contributed by atoms with E-state index in [2.05, 4.69) is 111 Å². The topological polar surface area (TPSA) is 32.1 Å². The fraction of sp³-hybridized carbons (Fsp3) is 0.212. The van der Waals surface area contributed by atoms with Gasteiger partial charge in [0, 0.05) is 16.8 Å². The highest BCUT2D eigenvalue weighted by Gasteiger charge is 2.28. The number of rotatable bonds is 1. The molecule has 0 amide bonds. The van der Waals surface area contributed by atoms with Gasteiger partial charge in [0.15, 0.2) is 6.20 Å². The predicted octanol–water partition coefficient (Wildman–Crippen LogP) is 7.74. The Morgan fingerprint density at radius 2 is 1.61 bits per heavy atom. The molecule has 0 unspecified atom stereocenters. The van der Waals surface area contributed by atoms with E-state index in [1.54, 1.807) is 0 Å². The van der Waals surface area contributed by atoms with Crippen molar-refractivity contribution in [3.8, 4) is 6.07 Å². The van der Waals surface area contributed by atoms with Crippen LogP contribution in [0.25, 0.3) is 59.8 Å². The third kappa shape index (κ3) is 2.65. The molecular weight excluding hydrogens is 438 g/mol. The van der Waals surface area contributed by atoms with E-state index in [-0.39, 0.29) is 5.41 Å². The smallest absolute Gasteiger partial charge is 0.224 e. The number of fused-ring (bicyclic) bond motifs is 7.